The molecule has 3 N–H and O–H groups in total. The van der Waals surface area contributed by atoms with Crippen molar-refractivity contribution in [2.24, 2.45) is 5.73 Å². The third kappa shape index (κ3) is 5.75. The first-order chi connectivity index (χ1) is 9.19. The van der Waals surface area contributed by atoms with Crippen LogP contribution in [0, 0.1) is 0 Å². The zero-order valence-electron chi connectivity index (χ0n) is 11.8. The Bertz CT molecular complexity index is 372. The maximum absolute atomic E-state index is 11.7. The molecule has 1 rings (SSSR count). The smallest absolute Gasteiger partial charge is 0.258 e. The number of hydrogen-bond donors (Lipinski definition) is 2. The maximum atomic E-state index is 11.7. The normalized spacial score (nSPS) is 10.5. The fourth-order valence-electron chi connectivity index (χ4n) is 1.83. The molecule has 0 atom stereocenters. The van der Waals surface area contributed by atoms with E-state index in [0.717, 1.165) is 19.3 Å². The topological polar surface area (TPSA) is 64.3 Å². The third-order valence-corrected chi connectivity index (χ3v) is 3.08. The number of amides is 1. The van der Waals surface area contributed by atoms with Gasteiger partial charge in [0.05, 0.1) is 0 Å². The maximum Gasteiger partial charge on any atom is 0.258 e. The highest BCUT2D eigenvalue weighted by atomic mass is 16.5. The number of benzene rings is 1. The lowest BCUT2D eigenvalue weighted by molar-refractivity contribution is -0.123. The van der Waals surface area contributed by atoms with Gasteiger partial charge in [0.25, 0.3) is 5.91 Å². The Kier molecular flexibility index (Phi) is 6.97. The first-order valence-corrected chi connectivity index (χ1v) is 6.90. The van der Waals surface area contributed by atoms with Crippen LogP contribution in [0.3, 0.4) is 0 Å². The molecule has 1 aromatic rings. The van der Waals surface area contributed by atoms with Crippen molar-refractivity contribution in [2.45, 2.75) is 39.2 Å². The van der Waals surface area contributed by atoms with Gasteiger partial charge in [0.1, 0.15) is 5.75 Å². The van der Waals surface area contributed by atoms with E-state index in [1.54, 1.807) is 0 Å². The SMILES string of the molecule is CCC(CC)NC(=O)COc1ccc(CCN)cc1. The Labute approximate surface area is 115 Å². The molecule has 4 heteroatoms. The van der Waals surface area contributed by atoms with Gasteiger partial charge in [-0.15, -0.1) is 0 Å². The highest BCUT2D eigenvalue weighted by Gasteiger charge is 2.08. The molecule has 0 radical (unpaired) electrons. The Balaban J connectivity index is 2.37. The summed E-state index contributed by atoms with van der Waals surface area (Å²) >= 11 is 0. The van der Waals surface area contributed by atoms with Crippen molar-refractivity contribution in [1.82, 2.24) is 5.32 Å². The average Bonchev–Trinajstić information content (AvgIpc) is 2.44. The molecule has 1 aromatic carbocycles. The first-order valence-electron chi connectivity index (χ1n) is 6.90. The zero-order chi connectivity index (χ0) is 14.1. The lowest BCUT2D eigenvalue weighted by Crippen LogP contribution is -2.37. The molecule has 1 amide bonds. The molecular weight excluding hydrogens is 240 g/mol. The van der Waals surface area contributed by atoms with Crippen molar-refractivity contribution in [3.63, 3.8) is 0 Å². The van der Waals surface area contributed by atoms with Gasteiger partial charge in [0.15, 0.2) is 6.61 Å². The van der Waals surface area contributed by atoms with Crippen LogP contribution >= 0.6 is 0 Å². The summed E-state index contributed by atoms with van der Waals surface area (Å²) in [6.07, 6.45) is 2.74. The molecule has 0 fully saturated rings. The van der Waals surface area contributed by atoms with E-state index < -0.39 is 0 Å². The van der Waals surface area contributed by atoms with E-state index in [4.69, 9.17) is 10.5 Å². The molecule has 0 aromatic heterocycles. The van der Waals surface area contributed by atoms with Crippen LogP contribution in [0.2, 0.25) is 0 Å². The van der Waals surface area contributed by atoms with Gasteiger partial charge in [-0.2, -0.15) is 0 Å². The summed E-state index contributed by atoms with van der Waals surface area (Å²) in [5.41, 5.74) is 6.66. The van der Waals surface area contributed by atoms with E-state index >= 15 is 0 Å². The quantitative estimate of drug-likeness (QED) is 0.753. The van der Waals surface area contributed by atoms with E-state index in [1.807, 2.05) is 24.3 Å². The van der Waals surface area contributed by atoms with Gasteiger partial charge in [-0.3, -0.25) is 4.79 Å². The highest BCUT2D eigenvalue weighted by Crippen LogP contribution is 2.12. The lowest BCUT2D eigenvalue weighted by atomic mass is 10.1. The van der Waals surface area contributed by atoms with Crippen LogP contribution in [0.5, 0.6) is 5.75 Å². The number of carbonyl (C=O) groups excluding carboxylic acids is 1. The second-order valence-electron chi connectivity index (χ2n) is 4.55. The summed E-state index contributed by atoms with van der Waals surface area (Å²) in [5, 5.41) is 2.94. The van der Waals surface area contributed by atoms with Gasteiger partial charge >= 0.3 is 0 Å². The summed E-state index contributed by atoms with van der Waals surface area (Å²) in [6, 6.07) is 7.93. The van der Waals surface area contributed by atoms with Gasteiger partial charge in [-0.05, 0) is 43.5 Å². The predicted octanol–water partition coefficient (Wildman–Crippen LogP) is 1.87. The van der Waals surface area contributed by atoms with Gasteiger partial charge in [-0.25, -0.2) is 0 Å². The fraction of sp³-hybridized carbons (Fsp3) is 0.533. The van der Waals surface area contributed by atoms with Gasteiger partial charge in [-0.1, -0.05) is 26.0 Å². The number of nitrogens with two attached hydrogens (primary N) is 1. The van der Waals surface area contributed by atoms with Crippen LogP contribution in [0.4, 0.5) is 0 Å². The van der Waals surface area contributed by atoms with Crippen LogP contribution in [-0.2, 0) is 11.2 Å². The summed E-state index contributed by atoms with van der Waals surface area (Å²) in [4.78, 5) is 11.7. The molecule has 0 heterocycles. The van der Waals surface area contributed by atoms with Gasteiger partial charge < -0.3 is 15.8 Å². The lowest BCUT2D eigenvalue weighted by Gasteiger charge is -2.15. The number of carbonyl (C=O) groups is 1. The summed E-state index contributed by atoms with van der Waals surface area (Å²) in [6.45, 7) is 4.82. The second kappa shape index (κ2) is 8.53. The van der Waals surface area contributed by atoms with Crippen molar-refractivity contribution >= 4 is 5.91 Å². The van der Waals surface area contributed by atoms with Crippen LogP contribution in [0.25, 0.3) is 0 Å². The van der Waals surface area contributed by atoms with E-state index in [2.05, 4.69) is 19.2 Å². The van der Waals surface area contributed by atoms with Crippen LogP contribution in [0.15, 0.2) is 24.3 Å². The second-order valence-corrected chi connectivity index (χ2v) is 4.55. The molecule has 0 aliphatic heterocycles. The molecule has 4 nitrogen and oxygen atoms in total. The van der Waals surface area contributed by atoms with Gasteiger partial charge in [0, 0.05) is 6.04 Å². The number of rotatable bonds is 8. The van der Waals surface area contributed by atoms with Crippen LogP contribution < -0.4 is 15.8 Å². The van der Waals surface area contributed by atoms with Crippen molar-refractivity contribution in [3.05, 3.63) is 29.8 Å². The minimum Gasteiger partial charge on any atom is -0.484 e. The molecule has 0 aliphatic rings. The highest BCUT2D eigenvalue weighted by molar-refractivity contribution is 5.77. The van der Waals surface area contributed by atoms with Crippen LogP contribution in [-0.4, -0.2) is 25.1 Å². The molecule has 0 saturated carbocycles. The molecule has 19 heavy (non-hydrogen) atoms. The molecule has 0 unspecified atom stereocenters. The Hall–Kier alpha value is -1.55. The predicted molar refractivity (Wildman–Crippen MR) is 77.2 cm³/mol. The molecule has 106 valence electrons. The minimum atomic E-state index is -0.0697. The fourth-order valence-corrected chi connectivity index (χ4v) is 1.83. The molecular formula is C15H24N2O2. The monoisotopic (exact) mass is 264 g/mol. The number of hydrogen-bond acceptors (Lipinski definition) is 3. The number of nitrogens with one attached hydrogen (secondary N) is 1. The Morgan fingerprint density at radius 1 is 1.26 bits per heavy atom. The van der Waals surface area contributed by atoms with Crippen LogP contribution in [0.1, 0.15) is 32.3 Å². The van der Waals surface area contributed by atoms with Crippen molar-refractivity contribution in [1.29, 1.82) is 0 Å². The van der Waals surface area contributed by atoms with Crippen molar-refractivity contribution in [2.75, 3.05) is 13.2 Å². The van der Waals surface area contributed by atoms with Crippen molar-refractivity contribution < 1.29 is 9.53 Å². The molecule has 0 spiro atoms. The van der Waals surface area contributed by atoms with E-state index in [9.17, 15) is 4.79 Å². The van der Waals surface area contributed by atoms with Crippen molar-refractivity contribution in [3.8, 4) is 5.75 Å². The van der Waals surface area contributed by atoms with E-state index in [1.165, 1.54) is 5.56 Å². The summed E-state index contributed by atoms with van der Waals surface area (Å²) < 4.78 is 5.45. The van der Waals surface area contributed by atoms with E-state index in [-0.39, 0.29) is 18.6 Å². The largest absolute Gasteiger partial charge is 0.484 e. The standard InChI is InChI=1S/C15H24N2O2/c1-3-13(4-2)17-15(18)11-19-14-7-5-12(6-8-14)9-10-16/h5-8,13H,3-4,9-11,16H2,1-2H3,(H,17,18). The summed E-state index contributed by atoms with van der Waals surface area (Å²) in [7, 11) is 0. The third-order valence-electron chi connectivity index (χ3n) is 3.08. The molecule has 0 saturated heterocycles. The van der Waals surface area contributed by atoms with E-state index in [0.29, 0.717) is 12.3 Å². The Morgan fingerprint density at radius 3 is 2.42 bits per heavy atom. The number of ether oxygens (including phenoxy) is 1. The minimum absolute atomic E-state index is 0.0622. The first kappa shape index (κ1) is 15.5. The molecule has 0 bridgehead atoms. The zero-order valence-corrected chi connectivity index (χ0v) is 11.8. The Morgan fingerprint density at radius 2 is 1.89 bits per heavy atom. The molecule has 0 aliphatic carbocycles. The van der Waals surface area contributed by atoms with Gasteiger partial charge in [0.2, 0.25) is 0 Å². The summed E-state index contributed by atoms with van der Waals surface area (Å²) in [5.74, 6) is 0.639. The average molecular weight is 264 g/mol.